The van der Waals surface area contributed by atoms with E-state index in [0.717, 1.165) is 6.07 Å². The number of piperazine rings is 1. The fourth-order valence-corrected chi connectivity index (χ4v) is 2.10. The van der Waals surface area contributed by atoms with Crippen LogP contribution in [0.5, 0.6) is 0 Å². The number of carboxylic acid groups (broad SMARTS) is 1. The predicted molar refractivity (Wildman–Crippen MR) is 66.0 cm³/mol. The van der Waals surface area contributed by atoms with Gasteiger partial charge in [-0.1, -0.05) is 0 Å². The highest BCUT2D eigenvalue weighted by Crippen LogP contribution is 2.34. The molecule has 1 saturated heterocycles. The van der Waals surface area contributed by atoms with Gasteiger partial charge in [-0.05, 0) is 6.07 Å². The van der Waals surface area contributed by atoms with E-state index in [1.807, 2.05) is 0 Å². The molecular formula is C12H11F3N4O2. The topological polar surface area (TPSA) is 89.3 Å². The summed E-state index contributed by atoms with van der Waals surface area (Å²) in [5, 5.41) is 20.9. The third kappa shape index (κ3) is 3.05. The second kappa shape index (κ2) is 5.57. The minimum atomic E-state index is -4.94. The van der Waals surface area contributed by atoms with Crippen LogP contribution in [-0.2, 0) is 6.18 Å². The Balaban J connectivity index is 2.60. The molecule has 1 aromatic rings. The predicted octanol–water partition coefficient (Wildman–Crippen LogP) is 1.08. The van der Waals surface area contributed by atoms with Crippen LogP contribution in [0.2, 0.25) is 0 Å². The van der Waals surface area contributed by atoms with Gasteiger partial charge >= 0.3 is 12.1 Å². The zero-order chi connectivity index (χ0) is 15.6. The Morgan fingerprint density at radius 1 is 1.43 bits per heavy atom. The second-order valence-corrected chi connectivity index (χ2v) is 4.40. The molecule has 0 bridgehead atoms. The first-order valence-electron chi connectivity index (χ1n) is 6.06. The lowest BCUT2D eigenvalue weighted by Gasteiger charge is -2.29. The molecule has 0 amide bonds. The minimum Gasteiger partial charge on any atom is -0.478 e. The Kier molecular flexibility index (Phi) is 3.99. The van der Waals surface area contributed by atoms with Gasteiger partial charge in [-0.25, -0.2) is 9.78 Å². The van der Waals surface area contributed by atoms with Gasteiger partial charge in [-0.3, -0.25) is 0 Å². The minimum absolute atomic E-state index is 0.0367. The largest absolute Gasteiger partial charge is 0.478 e. The Bertz CT molecular complexity index is 604. The maximum atomic E-state index is 13.0. The molecule has 6 nitrogen and oxygen atoms in total. The Hall–Kier alpha value is -2.34. The summed E-state index contributed by atoms with van der Waals surface area (Å²) in [6.07, 6.45) is -4.94. The number of nitrogens with one attached hydrogen (secondary N) is 1. The summed E-state index contributed by atoms with van der Waals surface area (Å²) in [5.74, 6) is -1.86. The van der Waals surface area contributed by atoms with E-state index in [-0.39, 0.29) is 5.82 Å². The van der Waals surface area contributed by atoms with Gasteiger partial charge in [-0.2, -0.15) is 18.4 Å². The van der Waals surface area contributed by atoms with Crippen LogP contribution in [0.1, 0.15) is 21.6 Å². The van der Waals surface area contributed by atoms with Crippen LogP contribution in [0.3, 0.4) is 0 Å². The van der Waals surface area contributed by atoms with Crippen LogP contribution < -0.4 is 10.2 Å². The zero-order valence-corrected chi connectivity index (χ0v) is 10.7. The number of nitrogens with zero attached hydrogens (tertiary/aromatic N) is 3. The molecule has 0 atom stereocenters. The number of anilines is 1. The smallest absolute Gasteiger partial charge is 0.434 e. The summed E-state index contributed by atoms with van der Waals surface area (Å²) in [5.41, 5.74) is -3.19. The molecular weight excluding hydrogens is 289 g/mol. The maximum absolute atomic E-state index is 13.0. The van der Waals surface area contributed by atoms with Crippen molar-refractivity contribution in [3.8, 4) is 6.07 Å². The number of nitriles is 1. The molecule has 1 fully saturated rings. The van der Waals surface area contributed by atoms with E-state index in [4.69, 9.17) is 10.4 Å². The number of rotatable bonds is 2. The molecule has 0 aliphatic carbocycles. The number of hydrogen-bond donors (Lipinski definition) is 2. The van der Waals surface area contributed by atoms with Crippen molar-refractivity contribution in [2.75, 3.05) is 31.1 Å². The van der Waals surface area contributed by atoms with Crippen molar-refractivity contribution in [2.24, 2.45) is 0 Å². The fourth-order valence-electron chi connectivity index (χ4n) is 2.10. The second-order valence-electron chi connectivity index (χ2n) is 4.40. The molecule has 0 saturated carbocycles. The van der Waals surface area contributed by atoms with Gasteiger partial charge in [-0.15, -0.1) is 0 Å². The molecule has 2 heterocycles. The average molecular weight is 300 g/mol. The van der Waals surface area contributed by atoms with E-state index in [1.54, 1.807) is 4.90 Å². The lowest BCUT2D eigenvalue weighted by Crippen LogP contribution is -2.44. The number of hydrogen-bond acceptors (Lipinski definition) is 5. The molecule has 0 unspecified atom stereocenters. The van der Waals surface area contributed by atoms with E-state index < -0.39 is 29.0 Å². The Morgan fingerprint density at radius 3 is 2.52 bits per heavy atom. The highest BCUT2D eigenvalue weighted by atomic mass is 19.4. The summed E-state index contributed by atoms with van der Waals surface area (Å²) in [6, 6.07) is 2.59. The molecule has 112 valence electrons. The summed E-state index contributed by atoms with van der Waals surface area (Å²) < 4.78 is 39.0. The molecule has 0 aromatic carbocycles. The van der Waals surface area contributed by atoms with Crippen LogP contribution in [0.15, 0.2) is 6.07 Å². The van der Waals surface area contributed by atoms with Crippen LogP contribution in [0, 0.1) is 11.3 Å². The van der Waals surface area contributed by atoms with Gasteiger partial charge in [0.1, 0.15) is 17.5 Å². The van der Waals surface area contributed by atoms with Crippen LogP contribution in [0.4, 0.5) is 19.0 Å². The Morgan fingerprint density at radius 2 is 2.05 bits per heavy atom. The van der Waals surface area contributed by atoms with Crippen molar-refractivity contribution in [2.45, 2.75) is 6.18 Å². The first kappa shape index (κ1) is 15.1. The third-order valence-electron chi connectivity index (χ3n) is 3.05. The molecule has 1 aliphatic rings. The number of halogens is 3. The number of carboxylic acids is 1. The van der Waals surface area contributed by atoms with E-state index in [0.29, 0.717) is 26.2 Å². The number of alkyl halides is 3. The zero-order valence-electron chi connectivity index (χ0n) is 10.7. The first-order chi connectivity index (χ1) is 9.84. The molecule has 21 heavy (non-hydrogen) atoms. The van der Waals surface area contributed by atoms with Gasteiger partial charge in [0.15, 0.2) is 5.69 Å². The third-order valence-corrected chi connectivity index (χ3v) is 3.05. The monoisotopic (exact) mass is 300 g/mol. The summed E-state index contributed by atoms with van der Waals surface area (Å²) in [7, 11) is 0. The maximum Gasteiger partial charge on any atom is 0.434 e. The molecule has 2 rings (SSSR count). The molecule has 9 heteroatoms. The summed E-state index contributed by atoms with van der Waals surface area (Å²) in [4.78, 5) is 16.0. The highest BCUT2D eigenvalue weighted by molar-refractivity contribution is 5.92. The van der Waals surface area contributed by atoms with Gasteiger partial charge in [0.2, 0.25) is 0 Å². The highest BCUT2D eigenvalue weighted by Gasteiger charge is 2.40. The van der Waals surface area contributed by atoms with E-state index >= 15 is 0 Å². The van der Waals surface area contributed by atoms with Crippen molar-refractivity contribution in [1.82, 2.24) is 10.3 Å². The van der Waals surface area contributed by atoms with Crippen molar-refractivity contribution < 1.29 is 23.1 Å². The van der Waals surface area contributed by atoms with Crippen LogP contribution in [0.25, 0.3) is 0 Å². The Labute approximate surface area is 117 Å². The van der Waals surface area contributed by atoms with Crippen molar-refractivity contribution in [3.63, 3.8) is 0 Å². The summed E-state index contributed by atoms with van der Waals surface area (Å²) in [6.45, 7) is 2.01. The van der Waals surface area contributed by atoms with E-state index in [1.165, 1.54) is 6.07 Å². The van der Waals surface area contributed by atoms with Gasteiger partial charge in [0, 0.05) is 26.2 Å². The number of pyridine rings is 1. The standard InChI is InChI=1S/C12H11F3N4O2/c13-12(14,15)10-9(11(20)21)7(6-16)5-8(18-10)19-3-1-17-2-4-19/h5,17H,1-4H2,(H,20,21). The normalized spacial score (nSPS) is 15.6. The van der Waals surface area contributed by atoms with E-state index in [2.05, 4.69) is 10.3 Å². The molecule has 0 spiro atoms. The number of aromatic nitrogens is 1. The van der Waals surface area contributed by atoms with Crippen LogP contribution in [-0.4, -0.2) is 42.2 Å². The molecule has 2 N–H and O–H groups in total. The van der Waals surface area contributed by atoms with E-state index in [9.17, 15) is 18.0 Å². The SMILES string of the molecule is N#Cc1cc(N2CCNCC2)nc(C(F)(F)F)c1C(=O)O. The van der Waals surface area contributed by atoms with Gasteiger partial charge < -0.3 is 15.3 Å². The lowest BCUT2D eigenvalue weighted by atomic mass is 10.1. The van der Waals surface area contributed by atoms with Crippen LogP contribution >= 0.6 is 0 Å². The number of carbonyl (C=O) groups is 1. The molecule has 0 radical (unpaired) electrons. The molecule has 1 aromatic heterocycles. The van der Waals surface area contributed by atoms with Crippen molar-refractivity contribution in [1.29, 1.82) is 5.26 Å². The molecule has 1 aliphatic heterocycles. The van der Waals surface area contributed by atoms with Crippen molar-refractivity contribution in [3.05, 3.63) is 22.9 Å². The number of aromatic carboxylic acids is 1. The average Bonchev–Trinajstić information content (AvgIpc) is 2.45. The first-order valence-corrected chi connectivity index (χ1v) is 6.06. The quantitative estimate of drug-likeness (QED) is 0.849. The summed E-state index contributed by atoms with van der Waals surface area (Å²) >= 11 is 0. The fraction of sp³-hybridized carbons (Fsp3) is 0.417. The van der Waals surface area contributed by atoms with Gasteiger partial charge in [0.05, 0.1) is 5.56 Å². The lowest BCUT2D eigenvalue weighted by molar-refractivity contribution is -0.141. The van der Waals surface area contributed by atoms with Crippen molar-refractivity contribution >= 4 is 11.8 Å². The van der Waals surface area contributed by atoms with Gasteiger partial charge in [0.25, 0.3) is 0 Å².